The van der Waals surface area contributed by atoms with Crippen molar-refractivity contribution in [2.24, 2.45) is 5.73 Å². The lowest BCUT2D eigenvalue weighted by Gasteiger charge is -2.27. The molecule has 0 aliphatic carbocycles. The summed E-state index contributed by atoms with van der Waals surface area (Å²) in [5.41, 5.74) is 6.84. The maximum atomic E-state index is 12.8. The first-order valence-corrected chi connectivity index (χ1v) is 8.53. The van der Waals surface area contributed by atoms with E-state index in [0.29, 0.717) is 12.1 Å². The number of carbonyl (C=O) groups excluding carboxylic acids is 2. The third-order valence-electron chi connectivity index (χ3n) is 5.03. The molecule has 6 heteroatoms. The fourth-order valence-electron chi connectivity index (χ4n) is 3.62. The van der Waals surface area contributed by atoms with E-state index in [1.165, 1.54) is 0 Å². The Balaban J connectivity index is 1.71. The summed E-state index contributed by atoms with van der Waals surface area (Å²) in [6, 6.07) is 7.15. The molecule has 24 heavy (non-hydrogen) atoms. The van der Waals surface area contributed by atoms with Crippen molar-refractivity contribution in [3.8, 4) is 0 Å². The summed E-state index contributed by atoms with van der Waals surface area (Å²) in [5, 5.41) is 0. The summed E-state index contributed by atoms with van der Waals surface area (Å²) in [7, 11) is 1.70. The number of nitrogens with two attached hydrogens (primary N) is 1. The highest BCUT2D eigenvalue weighted by atomic mass is 16.5. The largest absolute Gasteiger partial charge is 0.380 e. The van der Waals surface area contributed by atoms with Gasteiger partial charge in [-0.05, 0) is 37.0 Å². The molecular formula is C18H25N3O3. The van der Waals surface area contributed by atoms with Crippen LogP contribution in [0.2, 0.25) is 0 Å². The molecule has 0 aromatic heterocycles. The van der Waals surface area contributed by atoms with Crippen LogP contribution in [0.5, 0.6) is 0 Å². The van der Waals surface area contributed by atoms with E-state index in [9.17, 15) is 9.59 Å². The number of ether oxygens (including phenoxy) is 1. The highest BCUT2D eigenvalue weighted by Gasteiger charge is 2.39. The summed E-state index contributed by atoms with van der Waals surface area (Å²) in [6.07, 6.45) is 3.03. The highest BCUT2D eigenvalue weighted by Crippen LogP contribution is 2.25. The first kappa shape index (κ1) is 16.9. The number of hydrogen-bond acceptors (Lipinski definition) is 4. The second-order valence-electron chi connectivity index (χ2n) is 6.63. The van der Waals surface area contributed by atoms with Gasteiger partial charge in [-0.15, -0.1) is 0 Å². The molecule has 6 nitrogen and oxygen atoms in total. The summed E-state index contributed by atoms with van der Waals surface area (Å²) < 4.78 is 5.50. The van der Waals surface area contributed by atoms with Gasteiger partial charge in [0, 0.05) is 38.9 Å². The predicted molar refractivity (Wildman–Crippen MR) is 90.4 cm³/mol. The average molecular weight is 331 g/mol. The zero-order chi connectivity index (χ0) is 17.1. The smallest absolute Gasteiger partial charge is 0.248 e. The zero-order valence-corrected chi connectivity index (χ0v) is 14.1. The van der Waals surface area contributed by atoms with Gasteiger partial charge in [0.25, 0.3) is 0 Å². The molecule has 2 amide bonds. The molecule has 2 fully saturated rings. The SMILES string of the molecule is CO[C@H]1C[C@@H](C(=O)N2CCCC2)N(Cc2ccc(C(N)=O)cc2)C1. The Morgan fingerprint density at radius 2 is 1.88 bits per heavy atom. The third-order valence-corrected chi connectivity index (χ3v) is 5.03. The van der Waals surface area contributed by atoms with E-state index in [1.807, 2.05) is 17.0 Å². The number of likely N-dealkylation sites (tertiary alicyclic amines) is 2. The lowest BCUT2D eigenvalue weighted by molar-refractivity contribution is -0.135. The first-order chi connectivity index (χ1) is 11.6. The van der Waals surface area contributed by atoms with Gasteiger partial charge in [-0.25, -0.2) is 0 Å². The van der Waals surface area contributed by atoms with Gasteiger partial charge in [0.15, 0.2) is 0 Å². The van der Waals surface area contributed by atoms with Crippen LogP contribution in [0.3, 0.4) is 0 Å². The molecule has 2 heterocycles. The van der Waals surface area contributed by atoms with Crippen molar-refractivity contribution in [2.75, 3.05) is 26.7 Å². The predicted octanol–water partition coefficient (Wildman–Crippen LogP) is 0.997. The van der Waals surface area contributed by atoms with Gasteiger partial charge in [-0.3, -0.25) is 14.5 Å². The molecule has 0 spiro atoms. The fourth-order valence-corrected chi connectivity index (χ4v) is 3.62. The van der Waals surface area contributed by atoms with Crippen molar-refractivity contribution in [1.82, 2.24) is 9.80 Å². The minimum absolute atomic E-state index is 0.0893. The van der Waals surface area contributed by atoms with Crippen molar-refractivity contribution in [3.63, 3.8) is 0 Å². The Bertz CT molecular complexity index is 596. The van der Waals surface area contributed by atoms with Gasteiger partial charge in [0.1, 0.15) is 0 Å². The number of primary amides is 1. The summed E-state index contributed by atoms with van der Waals surface area (Å²) in [5.74, 6) is -0.204. The second kappa shape index (κ2) is 7.32. The van der Waals surface area contributed by atoms with E-state index >= 15 is 0 Å². The van der Waals surface area contributed by atoms with Crippen molar-refractivity contribution < 1.29 is 14.3 Å². The van der Waals surface area contributed by atoms with E-state index < -0.39 is 5.91 Å². The van der Waals surface area contributed by atoms with Crippen LogP contribution >= 0.6 is 0 Å². The molecule has 2 aliphatic heterocycles. The van der Waals surface area contributed by atoms with E-state index in [2.05, 4.69) is 4.90 Å². The Hall–Kier alpha value is -1.92. The molecule has 1 aromatic rings. The lowest BCUT2D eigenvalue weighted by atomic mass is 10.1. The van der Waals surface area contributed by atoms with E-state index in [1.54, 1.807) is 19.2 Å². The summed E-state index contributed by atoms with van der Waals surface area (Å²) >= 11 is 0. The van der Waals surface area contributed by atoms with Crippen LogP contribution < -0.4 is 5.73 Å². The van der Waals surface area contributed by atoms with Crippen LogP contribution in [-0.4, -0.2) is 60.5 Å². The van der Waals surface area contributed by atoms with Crippen molar-refractivity contribution in [2.45, 2.75) is 38.0 Å². The number of amides is 2. The monoisotopic (exact) mass is 331 g/mol. The van der Waals surface area contributed by atoms with Gasteiger partial charge >= 0.3 is 0 Å². The normalized spacial score (nSPS) is 24.5. The zero-order valence-electron chi connectivity index (χ0n) is 14.1. The number of rotatable bonds is 5. The van der Waals surface area contributed by atoms with Crippen LogP contribution in [0.15, 0.2) is 24.3 Å². The maximum Gasteiger partial charge on any atom is 0.248 e. The molecular weight excluding hydrogens is 306 g/mol. The van der Waals surface area contributed by atoms with Crippen LogP contribution in [0.25, 0.3) is 0 Å². The third kappa shape index (κ3) is 3.60. The highest BCUT2D eigenvalue weighted by molar-refractivity contribution is 5.92. The summed E-state index contributed by atoms with van der Waals surface area (Å²) in [6.45, 7) is 3.16. The topological polar surface area (TPSA) is 75.9 Å². The molecule has 130 valence electrons. The maximum absolute atomic E-state index is 12.8. The number of methoxy groups -OCH3 is 1. The Kier molecular flexibility index (Phi) is 5.16. The number of carbonyl (C=O) groups is 2. The lowest BCUT2D eigenvalue weighted by Crippen LogP contribution is -2.44. The van der Waals surface area contributed by atoms with Crippen LogP contribution in [0.4, 0.5) is 0 Å². The number of benzene rings is 1. The molecule has 3 rings (SSSR count). The molecule has 1 aromatic carbocycles. The van der Waals surface area contributed by atoms with Gasteiger partial charge in [-0.2, -0.15) is 0 Å². The van der Waals surface area contributed by atoms with Crippen LogP contribution in [0.1, 0.15) is 35.2 Å². The van der Waals surface area contributed by atoms with E-state index in [-0.39, 0.29) is 18.1 Å². The van der Waals surface area contributed by atoms with Gasteiger partial charge in [0.2, 0.25) is 11.8 Å². The van der Waals surface area contributed by atoms with Crippen LogP contribution in [0, 0.1) is 0 Å². The van der Waals surface area contributed by atoms with Crippen LogP contribution in [-0.2, 0) is 16.1 Å². The Morgan fingerprint density at radius 1 is 1.21 bits per heavy atom. The minimum Gasteiger partial charge on any atom is -0.380 e. The average Bonchev–Trinajstić information content (AvgIpc) is 3.24. The second-order valence-corrected chi connectivity index (χ2v) is 6.63. The molecule has 0 saturated carbocycles. The van der Waals surface area contributed by atoms with E-state index in [4.69, 9.17) is 10.5 Å². The molecule has 2 saturated heterocycles. The van der Waals surface area contributed by atoms with Gasteiger partial charge in [0.05, 0.1) is 12.1 Å². The summed E-state index contributed by atoms with van der Waals surface area (Å²) in [4.78, 5) is 28.2. The standard InChI is InChI=1S/C18H25N3O3/c1-24-15-10-16(18(23)20-8-2-3-9-20)21(12-15)11-13-4-6-14(7-5-13)17(19)22/h4-7,15-16H,2-3,8-12H2,1H3,(H2,19,22)/t15-,16-/m0/s1. The minimum atomic E-state index is -0.427. The quantitative estimate of drug-likeness (QED) is 0.873. The molecule has 2 aliphatic rings. The van der Waals surface area contributed by atoms with Gasteiger partial charge in [-0.1, -0.05) is 12.1 Å². The molecule has 0 radical (unpaired) electrons. The van der Waals surface area contributed by atoms with E-state index in [0.717, 1.165) is 44.5 Å². The van der Waals surface area contributed by atoms with Crippen molar-refractivity contribution in [3.05, 3.63) is 35.4 Å². The fraction of sp³-hybridized carbons (Fsp3) is 0.556. The Labute approximate surface area is 142 Å². The Morgan fingerprint density at radius 3 is 2.46 bits per heavy atom. The van der Waals surface area contributed by atoms with Crippen molar-refractivity contribution in [1.29, 1.82) is 0 Å². The molecule has 2 atom stereocenters. The first-order valence-electron chi connectivity index (χ1n) is 8.53. The van der Waals surface area contributed by atoms with Gasteiger partial charge < -0.3 is 15.4 Å². The molecule has 2 N–H and O–H groups in total. The molecule has 0 unspecified atom stereocenters. The molecule has 0 bridgehead atoms. The number of hydrogen-bond donors (Lipinski definition) is 1. The van der Waals surface area contributed by atoms with Crippen molar-refractivity contribution >= 4 is 11.8 Å². The number of nitrogens with zero attached hydrogens (tertiary/aromatic N) is 2.